The van der Waals surface area contributed by atoms with Crippen LogP contribution in [0, 0.1) is 12.8 Å². The molecule has 2 heterocycles. The Morgan fingerprint density at radius 1 is 1.36 bits per heavy atom. The van der Waals surface area contributed by atoms with Crippen molar-refractivity contribution in [2.45, 2.75) is 13.3 Å². The Bertz CT molecular complexity index is 770. The summed E-state index contributed by atoms with van der Waals surface area (Å²) in [5.74, 6) is -1.43. The molecule has 1 aromatic carbocycles. The van der Waals surface area contributed by atoms with E-state index >= 15 is 0 Å². The van der Waals surface area contributed by atoms with Crippen molar-refractivity contribution < 1.29 is 14.7 Å². The maximum absolute atomic E-state index is 12.8. The third-order valence-electron chi connectivity index (χ3n) is 3.96. The second-order valence-corrected chi connectivity index (χ2v) is 6.46. The van der Waals surface area contributed by atoms with Crippen molar-refractivity contribution in [3.63, 3.8) is 0 Å². The van der Waals surface area contributed by atoms with Gasteiger partial charge in [0.1, 0.15) is 0 Å². The lowest BCUT2D eigenvalue weighted by Gasteiger charge is -2.17. The van der Waals surface area contributed by atoms with Gasteiger partial charge < -0.3 is 10.0 Å². The van der Waals surface area contributed by atoms with Crippen LogP contribution in [0.1, 0.15) is 22.5 Å². The maximum atomic E-state index is 12.8. The maximum Gasteiger partial charge on any atom is 0.308 e. The van der Waals surface area contributed by atoms with Crippen molar-refractivity contribution in [3.05, 3.63) is 40.0 Å². The Balaban J connectivity index is 1.99. The standard InChI is InChI=1S/C16H15BrN2O3/c1-9-6-13(12-3-2-11(17)7-14(12)18-9)15(20)19-5-4-10(8-19)16(21)22/h2-3,6-7,10H,4-5,8H2,1H3,(H,21,22)/t10-/m0/s1. The van der Waals surface area contributed by atoms with Crippen molar-refractivity contribution in [2.24, 2.45) is 5.92 Å². The lowest BCUT2D eigenvalue weighted by Crippen LogP contribution is -2.30. The van der Waals surface area contributed by atoms with Crippen molar-refractivity contribution in [1.29, 1.82) is 0 Å². The zero-order valence-electron chi connectivity index (χ0n) is 12.0. The number of aryl methyl sites for hydroxylation is 1. The van der Waals surface area contributed by atoms with E-state index in [1.54, 1.807) is 11.0 Å². The van der Waals surface area contributed by atoms with Crippen LogP contribution in [0.15, 0.2) is 28.7 Å². The highest BCUT2D eigenvalue weighted by molar-refractivity contribution is 9.10. The second kappa shape index (κ2) is 5.68. The third-order valence-corrected chi connectivity index (χ3v) is 4.45. The normalized spacial score (nSPS) is 17.9. The van der Waals surface area contributed by atoms with E-state index in [4.69, 9.17) is 5.11 Å². The van der Waals surface area contributed by atoms with Crippen molar-refractivity contribution in [1.82, 2.24) is 9.88 Å². The van der Waals surface area contributed by atoms with E-state index in [1.165, 1.54) is 0 Å². The van der Waals surface area contributed by atoms with Gasteiger partial charge in [0.25, 0.3) is 5.91 Å². The number of hydrogen-bond donors (Lipinski definition) is 1. The summed E-state index contributed by atoms with van der Waals surface area (Å²) in [6.45, 7) is 2.60. The molecule has 1 aromatic heterocycles. The van der Waals surface area contributed by atoms with Gasteiger partial charge in [0.05, 0.1) is 17.0 Å². The first-order valence-corrected chi connectivity index (χ1v) is 7.84. The second-order valence-electron chi connectivity index (χ2n) is 5.55. The number of aliphatic carboxylic acids is 1. The van der Waals surface area contributed by atoms with E-state index in [0.717, 1.165) is 21.1 Å². The molecule has 1 amide bonds. The Morgan fingerprint density at radius 3 is 2.82 bits per heavy atom. The summed E-state index contributed by atoms with van der Waals surface area (Å²) < 4.78 is 0.906. The van der Waals surface area contributed by atoms with Gasteiger partial charge in [0, 0.05) is 28.6 Å². The van der Waals surface area contributed by atoms with Crippen LogP contribution < -0.4 is 0 Å². The molecular formula is C16H15BrN2O3. The number of carbonyl (C=O) groups is 2. The third kappa shape index (κ3) is 2.70. The number of pyridine rings is 1. The topological polar surface area (TPSA) is 70.5 Å². The smallest absolute Gasteiger partial charge is 0.308 e. The van der Waals surface area contributed by atoms with Crippen LogP contribution in [0.5, 0.6) is 0 Å². The molecule has 0 aliphatic carbocycles. The quantitative estimate of drug-likeness (QED) is 0.891. The largest absolute Gasteiger partial charge is 0.481 e. The minimum atomic E-state index is -0.838. The average molecular weight is 363 g/mol. The molecule has 0 radical (unpaired) electrons. The van der Waals surface area contributed by atoms with Gasteiger partial charge in [-0.25, -0.2) is 0 Å². The molecule has 0 spiro atoms. The van der Waals surface area contributed by atoms with E-state index < -0.39 is 11.9 Å². The Hall–Kier alpha value is -1.95. The molecule has 1 atom stereocenters. The number of benzene rings is 1. The summed E-state index contributed by atoms with van der Waals surface area (Å²) in [6, 6.07) is 7.39. The molecule has 0 bridgehead atoms. The SMILES string of the molecule is Cc1cc(C(=O)N2CC[C@H](C(=O)O)C2)c2ccc(Br)cc2n1. The van der Waals surface area contributed by atoms with Gasteiger partial charge >= 0.3 is 5.97 Å². The highest BCUT2D eigenvalue weighted by Gasteiger charge is 2.31. The lowest BCUT2D eigenvalue weighted by atomic mass is 10.1. The Morgan fingerprint density at radius 2 is 2.14 bits per heavy atom. The number of carboxylic acids is 1. The van der Waals surface area contributed by atoms with Gasteiger partial charge in [-0.05, 0) is 31.5 Å². The summed E-state index contributed by atoms with van der Waals surface area (Å²) in [4.78, 5) is 29.9. The number of halogens is 1. The van der Waals surface area contributed by atoms with Gasteiger partial charge in [-0.2, -0.15) is 0 Å². The van der Waals surface area contributed by atoms with E-state index in [-0.39, 0.29) is 12.5 Å². The number of carboxylic acid groups (broad SMARTS) is 1. The first-order valence-electron chi connectivity index (χ1n) is 7.04. The van der Waals surface area contributed by atoms with Gasteiger partial charge in [0.2, 0.25) is 0 Å². The van der Waals surface area contributed by atoms with Crippen LogP contribution in [-0.2, 0) is 4.79 Å². The molecule has 3 rings (SSSR count). The van der Waals surface area contributed by atoms with Crippen LogP contribution in [-0.4, -0.2) is 40.0 Å². The van der Waals surface area contributed by atoms with Crippen LogP contribution in [0.2, 0.25) is 0 Å². The van der Waals surface area contributed by atoms with E-state index in [9.17, 15) is 9.59 Å². The summed E-state index contributed by atoms with van der Waals surface area (Å²) >= 11 is 3.41. The molecule has 5 nitrogen and oxygen atoms in total. The number of hydrogen-bond acceptors (Lipinski definition) is 3. The molecule has 2 aromatic rings. The number of nitrogens with zero attached hydrogens (tertiary/aromatic N) is 2. The molecule has 0 unspecified atom stereocenters. The monoisotopic (exact) mass is 362 g/mol. The predicted octanol–water partition coefficient (Wildman–Crippen LogP) is 2.85. The molecule has 1 fully saturated rings. The first-order chi connectivity index (χ1) is 10.5. The van der Waals surface area contributed by atoms with Crippen LogP contribution >= 0.6 is 15.9 Å². The fourth-order valence-corrected chi connectivity index (χ4v) is 3.18. The lowest BCUT2D eigenvalue weighted by molar-refractivity contribution is -0.141. The summed E-state index contributed by atoms with van der Waals surface area (Å²) in [6.07, 6.45) is 0.509. The number of fused-ring (bicyclic) bond motifs is 1. The molecule has 1 aliphatic heterocycles. The molecular weight excluding hydrogens is 348 g/mol. The summed E-state index contributed by atoms with van der Waals surface area (Å²) in [7, 11) is 0. The Labute approximate surface area is 136 Å². The van der Waals surface area contributed by atoms with Gasteiger partial charge in [-0.15, -0.1) is 0 Å². The van der Waals surface area contributed by atoms with Crippen LogP contribution in [0.4, 0.5) is 0 Å². The zero-order chi connectivity index (χ0) is 15.9. The molecule has 0 saturated carbocycles. The van der Waals surface area contributed by atoms with E-state index in [2.05, 4.69) is 20.9 Å². The molecule has 114 valence electrons. The van der Waals surface area contributed by atoms with Crippen LogP contribution in [0.3, 0.4) is 0 Å². The van der Waals surface area contributed by atoms with Crippen molar-refractivity contribution in [3.8, 4) is 0 Å². The van der Waals surface area contributed by atoms with Crippen LogP contribution in [0.25, 0.3) is 10.9 Å². The molecule has 1 N–H and O–H groups in total. The zero-order valence-corrected chi connectivity index (χ0v) is 13.6. The highest BCUT2D eigenvalue weighted by Crippen LogP contribution is 2.26. The minimum absolute atomic E-state index is 0.124. The van der Waals surface area contributed by atoms with Crippen molar-refractivity contribution >= 4 is 38.7 Å². The molecule has 1 saturated heterocycles. The van der Waals surface area contributed by atoms with Gasteiger partial charge in [0.15, 0.2) is 0 Å². The molecule has 22 heavy (non-hydrogen) atoms. The van der Waals surface area contributed by atoms with E-state index in [1.807, 2.05) is 25.1 Å². The van der Waals surface area contributed by atoms with Gasteiger partial charge in [-0.3, -0.25) is 14.6 Å². The number of aromatic nitrogens is 1. The number of rotatable bonds is 2. The fraction of sp³-hybridized carbons (Fsp3) is 0.312. The summed E-state index contributed by atoms with van der Waals surface area (Å²) in [5.41, 5.74) is 2.11. The first kappa shape index (κ1) is 15.0. The number of carbonyl (C=O) groups excluding carboxylic acids is 1. The van der Waals surface area contributed by atoms with Crippen molar-refractivity contribution in [2.75, 3.05) is 13.1 Å². The fourth-order valence-electron chi connectivity index (χ4n) is 2.83. The predicted molar refractivity (Wildman–Crippen MR) is 85.8 cm³/mol. The van der Waals surface area contributed by atoms with Gasteiger partial charge in [-0.1, -0.05) is 22.0 Å². The highest BCUT2D eigenvalue weighted by atomic mass is 79.9. The average Bonchev–Trinajstić information content (AvgIpc) is 2.95. The number of likely N-dealkylation sites (tertiary alicyclic amines) is 1. The molecule has 1 aliphatic rings. The Kier molecular flexibility index (Phi) is 3.87. The molecule has 6 heteroatoms. The number of amides is 1. The minimum Gasteiger partial charge on any atom is -0.481 e. The van der Waals surface area contributed by atoms with E-state index in [0.29, 0.717) is 18.5 Å². The summed E-state index contributed by atoms with van der Waals surface area (Å²) in [5, 5.41) is 9.87.